The second-order valence-corrected chi connectivity index (χ2v) is 5.39. The number of hydrogen-bond acceptors (Lipinski definition) is 2. The molecule has 0 radical (unpaired) electrons. The molecule has 14 heavy (non-hydrogen) atoms. The highest BCUT2D eigenvalue weighted by Gasteiger charge is 2.43. The molecule has 2 aliphatic rings. The molecule has 0 unspecified atom stereocenters. The molecule has 1 saturated carbocycles. The van der Waals surface area contributed by atoms with E-state index in [1.54, 1.807) is 0 Å². The van der Waals surface area contributed by atoms with Gasteiger partial charge in [0.05, 0.1) is 11.7 Å². The van der Waals surface area contributed by atoms with Crippen LogP contribution < -0.4 is 5.73 Å². The Morgan fingerprint density at radius 1 is 1.21 bits per heavy atom. The SMILES string of the molecule is C[C@@H]1CC[C@]2(CC[C@H](CN)O2)C[C@@H]1C. The van der Waals surface area contributed by atoms with E-state index < -0.39 is 0 Å². The normalized spacial score (nSPS) is 48.6. The van der Waals surface area contributed by atoms with Gasteiger partial charge >= 0.3 is 0 Å². The molecule has 0 bridgehead atoms. The van der Waals surface area contributed by atoms with E-state index in [9.17, 15) is 0 Å². The van der Waals surface area contributed by atoms with E-state index in [0.717, 1.165) is 11.8 Å². The summed E-state index contributed by atoms with van der Waals surface area (Å²) >= 11 is 0. The van der Waals surface area contributed by atoms with Crippen LogP contribution in [0.5, 0.6) is 0 Å². The number of ether oxygens (including phenoxy) is 1. The van der Waals surface area contributed by atoms with Gasteiger partial charge in [-0.3, -0.25) is 0 Å². The number of nitrogens with two attached hydrogens (primary N) is 1. The Morgan fingerprint density at radius 2 is 1.93 bits per heavy atom. The fraction of sp³-hybridized carbons (Fsp3) is 1.00. The van der Waals surface area contributed by atoms with E-state index in [1.807, 2.05) is 0 Å². The third kappa shape index (κ3) is 1.82. The molecular weight excluding hydrogens is 174 g/mol. The van der Waals surface area contributed by atoms with Crippen LogP contribution in [0.1, 0.15) is 46.0 Å². The van der Waals surface area contributed by atoms with Gasteiger partial charge in [0.25, 0.3) is 0 Å². The van der Waals surface area contributed by atoms with E-state index in [1.165, 1.54) is 32.1 Å². The Hall–Kier alpha value is -0.0800. The topological polar surface area (TPSA) is 35.2 Å². The van der Waals surface area contributed by atoms with Gasteiger partial charge in [0.1, 0.15) is 0 Å². The zero-order chi connectivity index (χ0) is 10.2. The molecule has 1 spiro atoms. The minimum absolute atomic E-state index is 0.218. The average Bonchev–Trinajstić information content (AvgIpc) is 2.56. The van der Waals surface area contributed by atoms with Crippen molar-refractivity contribution in [3.63, 3.8) is 0 Å². The first kappa shape index (κ1) is 10.4. The Kier molecular flexibility index (Phi) is 2.85. The lowest BCUT2D eigenvalue weighted by Gasteiger charge is -2.40. The molecule has 1 saturated heterocycles. The van der Waals surface area contributed by atoms with Crippen LogP contribution in [0.15, 0.2) is 0 Å². The molecule has 2 nitrogen and oxygen atoms in total. The Bertz CT molecular complexity index is 206. The zero-order valence-electron chi connectivity index (χ0n) is 9.46. The first-order valence-corrected chi connectivity index (χ1v) is 6.03. The van der Waals surface area contributed by atoms with Crippen LogP contribution in [0.3, 0.4) is 0 Å². The largest absolute Gasteiger partial charge is 0.370 e. The van der Waals surface area contributed by atoms with E-state index >= 15 is 0 Å². The summed E-state index contributed by atoms with van der Waals surface area (Å²) in [6, 6.07) is 0. The Morgan fingerprint density at radius 3 is 2.50 bits per heavy atom. The number of hydrogen-bond donors (Lipinski definition) is 1. The molecule has 2 N–H and O–H groups in total. The molecule has 2 rings (SSSR count). The number of rotatable bonds is 1. The first-order chi connectivity index (χ1) is 6.65. The second-order valence-electron chi connectivity index (χ2n) is 5.39. The summed E-state index contributed by atoms with van der Waals surface area (Å²) in [5.41, 5.74) is 5.88. The summed E-state index contributed by atoms with van der Waals surface area (Å²) in [4.78, 5) is 0. The van der Waals surface area contributed by atoms with Gasteiger partial charge in [0.15, 0.2) is 0 Å². The fourth-order valence-corrected chi connectivity index (χ4v) is 3.06. The standard InChI is InChI=1S/C12H23NO/c1-9-3-5-12(7-10(9)2)6-4-11(8-13)14-12/h9-11H,3-8,13H2,1-2H3/t9-,10+,11-,12+/m1/s1. The molecule has 0 aromatic carbocycles. The van der Waals surface area contributed by atoms with Crippen LogP contribution in [-0.2, 0) is 4.74 Å². The van der Waals surface area contributed by atoms with Crippen molar-refractivity contribution in [3.8, 4) is 0 Å². The third-order valence-corrected chi connectivity index (χ3v) is 4.32. The minimum atomic E-state index is 0.218. The van der Waals surface area contributed by atoms with Crippen molar-refractivity contribution in [2.45, 2.75) is 57.7 Å². The van der Waals surface area contributed by atoms with Gasteiger partial charge in [-0.15, -0.1) is 0 Å². The summed E-state index contributed by atoms with van der Waals surface area (Å²) in [6.45, 7) is 5.43. The third-order valence-electron chi connectivity index (χ3n) is 4.32. The van der Waals surface area contributed by atoms with Crippen molar-refractivity contribution in [2.24, 2.45) is 17.6 Å². The van der Waals surface area contributed by atoms with Gasteiger partial charge in [0.2, 0.25) is 0 Å². The summed E-state index contributed by atoms with van der Waals surface area (Å²) in [5.74, 6) is 1.70. The van der Waals surface area contributed by atoms with Crippen LogP contribution in [0.25, 0.3) is 0 Å². The van der Waals surface area contributed by atoms with Crippen LogP contribution in [-0.4, -0.2) is 18.2 Å². The van der Waals surface area contributed by atoms with E-state index in [4.69, 9.17) is 10.5 Å². The van der Waals surface area contributed by atoms with E-state index in [2.05, 4.69) is 13.8 Å². The predicted octanol–water partition coefficient (Wildman–Crippen LogP) is 2.32. The fourth-order valence-electron chi connectivity index (χ4n) is 3.06. The Balaban J connectivity index is 1.98. The second kappa shape index (κ2) is 3.82. The lowest BCUT2D eigenvalue weighted by atomic mass is 9.72. The van der Waals surface area contributed by atoms with Crippen molar-refractivity contribution >= 4 is 0 Å². The quantitative estimate of drug-likeness (QED) is 0.700. The smallest absolute Gasteiger partial charge is 0.0705 e. The Labute approximate surface area is 87.2 Å². The highest BCUT2D eigenvalue weighted by atomic mass is 16.5. The van der Waals surface area contributed by atoms with Gasteiger partial charge < -0.3 is 10.5 Å². The maximum atomic E-state index is 6.13. The molecule has 82 valence electrons. The first-order valence-electron chi connectivity index (χ1n) is 6.03. The van der Waals surface area contributed by atoms with Crippen molar-refractivity contribution in [1.82, 2.24) is 0 Å². The van der Waals surface area contributed by atoms with Gasteiger partial charge in [-0.1, -0.05) is 13.8 Å². The molecule has 1 heterocycles. The summed E-state index contributed by atoms with van der Waals surface area (Å²) < 4.78 is 6.13. The molecule has 2 fully saturated rings. The molecule has 0 amide bonds. The minimum Gasteiger partial charge on any atom is -0.370 e. The van der Waals surface area contributed by atoms with Crippen LogP contribution in [0, 0.1) is 11.8 Å². The molecule has 1 aliphatic heterocycles. The van der Waals surface area contributed by atoms with Crippen molar-refractivity contribution < 1.29 is 4.74 Å². The highest BCUT2D eigenvalue weighted by molar-refractivity contribution is 4.94. The monoisotopic (exact) mass is 197 g/mol. The molecular formula is C12H23NO. The lowest BCUT2D eigenvalue weighted by Crippen LogP contribution is -2.38. The van der Waals surface area contributed by atoms with Crippen LogP contribution in [0.4, 0.5) is 0 Å². The van der Waals surface area contributed by atoms with Crippen LogP contribution in [0.2, 0.25) is 0 Å². The predicted molar refractivity (Wildman–Crippen MR) is 58.1 cm³/mol. The summed E-state index contributed by atoms with van der Waals surface area (Å²) in [6.07, 6.45) is 6.61. The highest BCUT2D eigenvalue weighted by Crippen LogP contribution is 2.45. The molecule has 4 atom stereocenters. The summed E-state index contributed by atoms with van der Waals surface area (Å²) in [5, 5.41) is 0. The van der Waals surface area contributed by atoms with Gasteiger partial charge in [-0.05, 0) is 43.9 Å². The van der Waals surface area contributed by atoms with Gasteiger partial charge in [-0.25, -0.2) is 0 Å². The molecule has 0 aromatic heterocycles. The van der Waals surface area contributed by atoms with Gasteiger partial charge in [-0.2, -0.15) is 0 Å². The summed E-state index contributed by atoms with van der Waals surface area (Å²) in [7, 11) is 0. The van der Waals surface area contributed by atoms with Crippen LogP contribution >= 0.6 is 0 Å². The zero-order valence-corrected chi connectivity index (χ0v) is 9.46. The molecule has 2 heteroatoms. The van der Waals surface area contributed by atoms with E-state index in [-0.39, 0.29) is 5.60 Å². The maximum absolute atomic E-state index is 6.13. The van der Waals surface area contributed by atoms with Crippen molar-refractivity contribution in [1.29, 1.82) is 0 Å². The average molecular weight is 197 g/mol. The van der Waals surface area contributed by atoms with Crippen molar-refractivity contribution in [2.75, 3.05) is 6.54 Å². The maximum Gasteiger partial charge on any atom is 0.0705 e. The molecule has 1 aliphatic carbocycles. The van der Waals surface area contributed by atoms with Crippen molar-refractivity contribution in [3.05, 3.63) is 0 Å². The molecule has 0 aromatic rings. The van der Waals surface area contributed by atoms with E-state index in [0.29, 0.717) is 12.6 Å². The van der Waals surface area contributed by atoms with Gasteiger partial charge in [0, 0.05) is 6.54 Å². The lowest BCUT2D eigenvalue weighted by molar-refractivity contribution is -0.0802.